The Bertz CT molecular complexity index is 720. The van der Waals surface area contributed by atoms with E-state index in [1.165, 1.54) is 6.07 Å². The highest BCUT2D eigenvalue weighted by Crippen LogP contribution is 2.23. The van der Waals surface area contributed by atoms with Crippen LogP contribution in [0.3, 0.4) is 0 Å². The van der Waals surface area contributed by atoms with Crippen molar-refractivity contribution in [1.29, 1.82) is 0 Å². The lowest BCUT2D eigenvalue weighted by atomic mass is 10.3. The van der Waals surface area contributed by atoms with Gasteiger partial charge in [-0.3, -0.25) is 4.72 Å². The lowest BCUT2D eigenvalue weighted by Gasteiger charge is -2.12. The number of nitrogens with zero attached hydrogens (tertiary/aromatic N) is 1. The topological polar surface area (TPSA) is 71.1 Å². The lowest BCUT2D eigenvalue weighted by molar-refractivity contribution is 0.601. The van der Waals surface area contributed by atoms with Gasteiger partial charge in [0.25, 0.3) is 10.0 Å². The summed E-state index contributed by atoms with van der Waals surface area (Å²) in [6.07, 6.45) is 2.42. The molecule has 0 aliphatic heterocycles. The van der Waals surface area contributed by atoms with Crippen molar-refractivity contribution in [2.45, 2.75) is 18.2 Å². The van der Waals surface area contributed by atoms with E-state index in [1.54, 1.807) is 36.5 Å². The lowest BCUT2D eigenvalue weighted by Crippen LogP contribution is -2.16. The van der Waals surface area contributed by atoms with E-state index < -0.39 is 10.0 Å². The van der Waals surface area contributed by atoms with Crippen LogP contribution in [0.5, 0.6) is 0 Å². The van der Waals surface area contributed by atoms with Gasteiger partial charge in [-0.05, 0) is 36.8 Å². The molecule has 0 aliphatic carbocycles. The molecular weight excluding hydrogens is 310 g/mol. The molecule has 0 spiro atoms. The number of hydrogen-bond donors (Lipinski definition) is 2. The van der Waals surface area contributed by atoms with E-state index in [-0.39, 0.29) is 4.90 Å². The van der Waals surface area contributed by atoms with Crippen LogP contribution in [0.2, 0.25) is 5.02 Å². The Balaban J connectivity index is 2.31. The van der Waals surface area contributed by atoms with E-state index in [0.29, 0.717) is 23.1 Å². The number of hydrogen-bond acceptors (Lipinski definition) is 4. The van der Waals surface area contributed by atoms with Gasteiger partial charge in [0.1, 0.15) is 10.7 Å². The highest BCUT2D eigenvalue weighted by Gasteiger charge is 2.19. The van der Waals surface area contributed by atoms with Gasteiger partial charge in [-0.25, -0.2) is 13.4 Å². The predicted molar refractivity (Wildman–Crippen MR) is 85.3 cm³/mol. The van der Waals surface area contributed by atoms with Gasteiger partial charge < -0.3 is 5.32 Å². The van der Waals surface area contributed by atoms with Gasteiger partial charge in [0.15, 0.2) is 0 Å². The van der Waals surface area contributed by atoms with Gasteiger partial charge in [0.2, 0.25) is 0 Å². The Morgan fingerprint density at radius 3 is 2.76 bits per heavy atom. The maximum atomic E-state index is 12.5. The van der Waals surface area contributed by atoms with Crippen molar-refractivity contribution in [2.24, 2.45) is 0 Å². The molecule has 0 amide bonds. The number of anilines is 2. The molecule has 1 heterocycles. The largest absolute Gasteiger partial charge is 0.369 e. The van der Waals surface area contributed by atoms with E-state index in [2.05, 4.69) is 15.0 Å². The SMILES string of the molecule is CCCNc1ncccc1S(=O)(=O)Nc1cccc(Cl)c1. The number of benzene rings is 1. The fourth-order valence-electron chi connectivity index (χ4n) is 1.75. The summed E-state index contributed by atoms with van der Waals surface area (Å²) in [6, 6.07) is 9.65. The van der Waals surface area contributed by atoms with Crippen LogP contribution < -0.4 is 10.0 Å². The van der Waals surface area contributed by atoms with Crippen molar-refractivity contribution in [3.8, 4) is 0 Å². The zero-order valence-electron chi connectivity index (χ0n) is 11.5. The molecule has 21 heavy (non-hydrogen) atoms. The zero-order valence-corrected chi connectivity index (χ0v) is 13.1. The number of halogens is 1. The van der Waals surface area contributed by atoms with Crippen LogP contribution in [0.1, 0.15) is 13.3 Å². The maximum absolute atomic E-state index is 12.5. The van der Waals surface area contributed by atoms with E-state index in [1.807, 2.05) is 6.92 Å². The number of rotatable bonds is 6. The third-order valence-electron chi connectivity index (χ3n) is 2.68. The summed E-state index contributed by atoms with van der Waals surface area (Å²) < 4.78 is 27.4. The number of pyridine rings is 1. The first-order chi connectivity index (χ1) is 10.0. The first kappa shape index (κ1) is 15.6. The van der Waals surface area contributed by atoms with Gasteiger partial charge in [-0.2, -0.15) is 0 Å². The molecule has 1 aromatic carbocycles. The number of aromatic nitrogens is 1. The Morgan fingerprint density at radius 2 is 2.05 bits per heavy atom. The summed E-state index contributed by atoms with van der Waals surface area (Å²) >= 11 is 5.86. The van der Waals surface area contributed by atoms with E-state index in [4.69, 9.17) is 11.6 Å². The third-order valence-corrected chi connectivity index (χ3v) is 4.33. The monoisotopic (exact) mass is 325 g/mol. The van der Waals surface area contributed by atoms with Gasteiger partial charge in [0.05, 0.1) is 5.69 Å². The summed E-state index contributed by atoms with van der Waals surface area (Å²) in [4.78, 5) is 4.19. The minimum atomic E-state index is -3.72. The summed E-state index contributed by atoms with van der Waals surface area (Å²) in [5, 5.41) is 3.47. The average molecular weight is 326 g/mol. The molecule has 112 valence electrons. The van der Waals surface area contributed by atoms with E-state index in [0.717, 1.165) is 6.42 Å². The maximum Gasteiger partial charge on any atom is 0.265 e. The average Bonchev–Trinajstić information content (AvgIpc) is 2.45. The second kappa shape index (κ2) is 6.78. The summed E-state index contributed by atoms with van der Waals surface area (Å²) in [6.45, 7) is 2.64. The first-order valence-corrected chi connectivity index (χ1v) is 8.36. The Morgan fingerprint density at radius 1 is 1.24 bits per heavy atom. The normalized spacial score (nSPS) is 11.1. The Hall–Kier alpha value is -1.79. The van der Waals surface area contributed by atoms with Gasteiger partial charge in [-0.15, -0.1) is 0 Å². The molecule has 7 heteroatoms. The van der Waals surface area contributed by atoms with E-state index in [9.17, 15) is 8.42 Å². The van der Waals surface area contributed by atoms with Crippen molar-refractivity contribution in [3.63, 3.8) is 0 Å². The van der Waals surface area contributed by atoms with Crippen LogP contribution in [0.25, 0.3) is 0 Å². The highest BCUT2D eigenvalue weighted by molar-refractivity contribution is 7.92. The van der Waals surface area contributed by atoms with Crippen LogP contribution in [-0.4, -0.2) is 19.9 Å². The van der Waals surface area contributed by atoms with Gasteiger partial charge in [0, 0.05) is 17.8 Å². The Labute approximate surface area is 129 Å². The third kappa shape index (κ3) is 4.09. The highest BCUT2D eigenvalue weighted by atomic mass is 35.5. The number of nitrogens with one attached hydrogen (secondary N) is 2. The molecule has 0 aliphatic rings. The van der Waals surface area contributed by atoms with Crippen molar-refractivity contribution in [2.75, 3.05) is 16.6 Å². The molecule has 0 radical (unpaired) electrons. The molecule has 0 fully saturated rings. The first-order valence-electron chi connectivity index (χ1n) is 6.50. The second-order valence-electron chi connectivity index (χ2n) is 4.39. The summed E-state index contributed by atoms with van der Waals surface area (Å²) in [5.41, 5.74) is 0.410. The molecule has 0 unspecified atom stereocenters. The molecular formula is C14H16ClN3O2S. The van der Waals surface area contributed by atoms with Crippen molar-refractivity contribution < 1.29 is 8.42 Å². The fourth-order valence-corrected chi connectivity index (χ4v) is 3.12. The standard InChI is InChI=1S/C14H16ClN3O2S/c1-2-8-16-14-13(7-4-9-17-14)21(19,20)18-12-6-3-5-11(15)10-12/h3-7,9-10,18H,2,8H2,1H3,(H,16,17). The molecule has 2 rings (SSSR count). The molecule has 2 N–H and O–H groups in total. The smallest absolute Gasteiger partial charge is 0.265 e. The van der Waals surface area contributed by atoms with Crippen LogP contribution in [0.4, 0.5) is 11.5 Å². The van der Waals surface area contributed by atoms with Crippen LogP contribution in [0.15, 0.2) is 47.5 Å². The van der Waals surface area contributed by atoms with Gasteiger partial charge in [-0.1, -0.05) is 24.6 Å². The second-order valence-corrected chi connectivity index (χ2v) is 6.48. The molecule has 0 saturated heterocycles. The number of sulfonamides is 1. The van der Waals surface area contributed by atoms with Crippen molar-refractivity contribution in [3.05, 3.63) is 47.6 Å². The fraction of sp³-hybridized carbons (Fsp3) is 0.214. The zero-order chi connectivity index (χ0) is 15.3. The Kier molecular flexibility index (Phi) is 5.03. The van der Waals surface area contributed by atoms with Crippen LogP contribution >= 0.6 is 11.6 Å². The van der Waals surface area contributed by atoms with Crippen LogP contribution in [-0.2, 0) is 10.0 Å². The predicted octanol–water partition coefficient (Wildman–Crippen LogP) is 3.36. The van der Waals surface area contributed by atoms with Gasteiger partial charge >= 0.3 is 0 Å². The molecule has 2 aromatic rings. The summed E-state index contributed by atoms with van der Waals surface area (Å²) in [5.74, 6) is 0.342. The molecule has 1 aromatic heterocycles. The molecule has 0 atom stereocenters. The molecule has 0 bridgehead atoms. The molecule has 5 nitrogen and oxygen atoms in total. The molecule has 0 saturated carbocycles. The summed E-state index contributed by atoms with van der Waals surface area (Å²) in [7, 11) is -3.72. The van der Waals surface area contributed by atoms with E-state index >= 15 is 0 Å². The minimum absolute atomic E-state index is 0.110. The van der Waals surface area contributed by atoms with Crippen molar-refractivity contribution >= 4 is 33.1 Å². The quantitative estimate of drug-likeness (QED) is 0.854. The minimum Gasteiger partial charge on any atom is -0.369 e. The van der Waals surface area contributed by atoms with Crippen molar-refractivity contribution in [1.82, 2.24) is 4.98 Å². The van der Waals surface area contributed by atoms with Crippen LogP contribution in [0, 0.1) is 0 Å².